The largest absolute Gasteiger partial charge is 0.355 e. The Kier molecular flexibility index (Phi) is 8.51. The maximum Gasteiger partial charge on any atom is 0.230 e. The zero-order valence-electron chi connectivity index (χ0n) is 13.8. The van der Waals surface area contributed by atoms with Crippen LogP contribution in [0.1, 0.15) is 33.3 Å². The molecule has 2 nitrogen and oxygen atoms in total. The fraction of sp³-hybridized carbons (Fsp3) is 0.611. The van der Waals surface area contributed by atoms with E-state index in [-0.39, 0.29) is 5.91 Å². The Bertz CT molecular complexity index is 395. The van der Waals surface area contributed by atoms with E-state index in [4.69, 9.17) is 0 Å². The monoisotopic (exact) mass is 307 g/mol. The zero-order chi connectivity index (χ0) is 15.7. The van der Waals surface area contributed by atoms with Crippen LogP contribution in [0.4, 0.5) is 0 Å². The lowest BCUT2D eigenvalue weighted by atomic mass is 9.85. The Morgan fingerprint density at radius 1 is 1.10 bits per heavy atom. The van der Waals surface area contributed by atoms with Gasteiger partial charge in [0, 0.05) is 6.54 Å². The van der Waals surface area contributed by atoms with Gasteiger partial charge >= 0.3 is 0 Å². The Morgan fingerprint density at radius 2 is 1.71 bits per heavy atom. The lowest BCUT2D eigenvalue weighted by Crippen LogP contribution is -2.34. The average Bonchev–Trinajstić information content (AvgIpc) is 2.44. The van der Waals surface area contributed by atoms with E-state index >= 15 is 0 Å². The summed E-state index contributed by atoms with van der Waals surface area (Å²) in [6.07, 6.45) is 1.03. The van der Waals surface area contributed by atoms with Gasteiger partial charge in [0.25, 0.3) is 0 Å². The van der Waals surface area contributed by atoms with Gasteiger partial charge in [0.05, 0.1) is 5.75 Å². The Labute approximate surface area is 134 Å². The molecule has 0 radical (unpaired) electrons. The summed E-state index contributed by atoms with van der Waals surface area (Å²) in [7, 11) is 0. The third-order valence-electron chi connectivity index (χ3n) is 3.86. The fourth-order valence-corrected chi connectivity index (χ4v) is 3.34. The van der Waals surface area contributed by atoms with Gasteiger partial charge < -0.3 is 5.32 Å². The van der Waals surface area contributed by atoms with Crippen molar-refractivity contribution in [1.29, 1.82) is 0 Å². The Hall–Kier alpha value is -0.960. The fourth-order valence-electron chi connectivity index (χ4n) is 2.52. The summed E-state index contributed by atoms with van der Waals surface area (Å²) in [5.41, 5.74) is 1.34. The van der Waals surface area contributed by atoms with Gasteiger partial charge in [0.2, 0.25) is 5.91 Å². The van der Waals surface area contributed by atoms with E-state index in [1.165, 1.54) is 5.56 Å². The smallest absolute Gasteiger partial charge is 0.230 e. The Morgan fingerprint density at radius 3 is 2.29 bits per heavy atom. The molecule has 1 N–H and O–H groups in total. The molecule has 0 aliphatic carbocycles. The molecule has 3 heteroatoms. The van der Waals surface area contributed by atoms with Crippen molar-refractivity contribution >= 4 is 17.7 Å². The van der Waals surface area contributed by atoms with Crippen LogP contribution in [0.3, 0.4) is 0 Å². The molecule has 0 aliphatic rings. The predicted molar refractivity (Wildman–Crippen MR) is 93.6 cm³/mol. The maximum atomic E-state index is 11.9. The van der Waals surface area contributed by atoms with Crippen molar-refractivity contribution in [2.45, 2.75) is 34.1 Å². The van der Waals surface area contributed by atoms with E-state index in [1.807, 2.05) is 6.07 Å². The summed E-state index contributed by atoms with van der Waals surface area (Å²) in [5.74, 6) is 3.50. The first kappa shape index (κ1) is 18.1. The number of aryl methyl sites for hydroxylation is 1. The number of rotatable bonds is 9. The normalized spacial score (nSPS) is 11.4. The maximum absolute atomic E-state index is 11.9. The van der Waals surface area contributed by atoms with Crippen LogP contribution in [0.2, 0.25) is 0 Å². The topological polar surface area (TPSA) is 29.1 Å². The molecule has 1 aromatic rings. The van der Waals surface area contributed by atoms with Crippen molar-refractivity contribution in [1.82, 2.24) is 5.32 Å². The minimum absolute atomic E-state index is 0.166. The van der Waals surface area contributed by atoms with Crippen molar-refractivity contribution in [3.8, 4) is 0 Å². The molecule has 118 valence electrons. The van der Waals surface area contributed by atoms with Gasteiger partial charge in [-0.05, 0) is 35.5 Å². The quantitative estimate of drug-likeness (QED) is 0.699. The number of nitrogens with one attached hydrogen (secondary N) is 1. The minimum Gasteiger partial charge on any atom is -0.355 e. The molecule has 0 aromatic heterocycles. The van der Waals surface area contributed by atoms with E-state index in [0.717, 1.165) is 18.7 Å². The molecule has 1 amide bonds. The van der Waals surface area contributed by atoms with Crippen molar-refractivity contribution in [2.24, 2.45) is 17.8 Å². The number of amides is 1. The van der Waals surface area contributed by atoms with E-state index < -0.39 is 0 Å². The average molecular weight is 308 g/mol. The van der Waals surface area contributed by atoms with Gasteiger partial charge in [-0.2, -0.15) is 11.8 Å². The molecule has 0 spiro atoms. The highest BCUT2D eigenvalue weighted by Gasteiger charge is 2.17. The third kappa shape index (κ3) is 7.56. The van der Waals surface area contributed by atoms with Crippen LogP contribution in [-0.2, 0) is 11.2 Å². The summed E-state index contributed by atoms with van der Waals surface area (Å²) in [5, 5.41) is 3.08. The number of hydrogen-bond donors (Lipinski definition) is 1. The van der Waals surface area contributed by atoms with Crippen LogP contribution in [0.25, 0.3) is 0 Å². The molecule has 0 atom stereocenters. The van der Waals surface area contributed by atoms with Crippen LogP contribution < -0.4 is 5.32 Å². The molecule has 0 unspecified atom stereocenters. The van der Waals surface area contributed by atoms with Gasteiger partial charge in [-0.15, -0.1) is 0 Å². The highest BCUT2D eigenvalue weighted by molar-refractivity contribution is 7.99. The zero-order valence-corrected chi connectivity index (χ0v) is 14.6. The number of carbonyl (C=O) groups is 1. The van der Waals surface area contributed by atoms with Gasteiger partial charge in [-0.3, -0.25) is 4.79 Å². The molecule has 0 aliphatic heterocycles. The summed E-state index contributed by atoms with van der Waals surface area (Å²) < 4.78 is 0. The molecule has 0 fully saturated rings. The second-order valence-corrected chi connectivity index (χ2v) is 7.35. The van der Waals surface area contributed by atoms with Gasteiger partial charge in [-0.25, -0.2) is 0 Å². The molecule has 0 bridgehead atoms. The van der Waals surface area contributed by atoms with E-state index in [1.54, 1.807) is 11.8 Å². The van der Waals surface area contributed by atoms with Crippen LogP contribution in [0.5, 0.6) is 0 Å². The van der Waals surface area contributed by atoms with Gasteiger partial charge in [-0.1, -0.05) is 58.0 Å². The minimum atomic E-state index is 0.166. The predicted octanol–water partition coefficient (Wildman–Crippen LogP) is 4.01. The second-order valence-electron chi connectivity index (χ2n) is 6.24. The molecule has 1 aromatic carbocycles. The number of thioether (sulfide) groups is 1. The van der Waals surface area contributed by atoms with E-state index in [0.29, 0.717) is 23.5 Å². The van der Waals surface area contributed by atoms with E-state index in [9.17, 15) is 4.79 Å². The molecule has 21 heavy (non-hydrogen) atoms. The van der Waals surface area contributed by atoms with Crippen LogP contribution in [0, 0.1) is 17.8 Å². The van der Waals surface area contributed by atoms with Crippen LogP contribution in [-0.4, -0.2) is 24.0 Å². The molecular formula is C18H29NOS. The first-order valence-corrected chi connectivity index (χ1v) is 9.04. The van der Waals surface area contributed by atoms with E-state index in [2.05, 4.69) is 57.3 Å². The van der Waals surface area contributed by atoms with Gasteiger partial charge in [0.15, 0.2) is 0 Å². The van der Waals surface area contributed by atoms with Crippen molar-refractivity contribution in [3.63, 3.8) is 0 Å². The van der Waals surface area contributed by atoms with Crippen molar-refractivity contribution in [2.75, 3.05) is 18.1 Å². The summed E-state index contributed by atoms with van der Waals surface area (Å²) in [4.78, 5) is 11.9. The van der Waals surface area contributed by atoms with Gasteiger partial charge in [0.1, 0.15) is 0 Å². The first-order chi connectivity index (χ1) is 10.0. The Balaban J connectivity index is 2.16. The van der Waals surface area contributed by atoms with Crippen LogP contribution >= 0.6 is 11.8 Å². The summed E-state index contributed by atoms with van der Waals surface area (Å²) in [6, 6.07) is 10.4. The number of hydrogen-bond acceptors (Lipinski definition) is 2. The first-order valence-electron chi connectivity index (χ1n) is 7.89. The molecule has 0 saturated heterocycles. The second kappa shape index (κ2) is 9.88. The molecular weight excluding hydrogens is 278 g/mol. The lowest BCUT2D eigenvalue weighted by Gasteiger charge is -2.25. The standard InChI is InChI=1S/C18H29NOS/c1-14(2)17(15(3)4)12-19-18(20)13-21-11-10-16-8-6-5-7-9-16/h5-9,14-15,17H,10-13H2,1-4H3,(H,19,20). The third-order valence-corrected chi connectivity index (χ3v) is 4.82. The SMILES string of the molecule is CC(C)C(CNC(=O)CSCCc1ccccc1)C(C)C. The molecule has 1 rings (SSSR count). The van der Waals surface area contributed by atoms with Crippen LogP contribution in [0.15, 0.2) is 30.3 Å². The summed E-state index contributed by atoms with van der Waals surface area (Å²) in [6.45, 7) is 9.71. The number of carbonyl (C=O) groups excluding carboxylic acids is 1. The van der Waals surface area contributed by atoms with Crippen molar-refractivity contribution in [3.05, 3.63) is 35.9 Å². The number of benzene rings is 1. The highest BCUT2D eigenvalue weighted by Crippen LogP contribution is 2.19. The van der Waals surface area contributed by atoms with Crippen molar-refractivity contribution < 1.29 is 4.79 Å². The summed E-state index contributed by atoms with van der Waals surface area (Å²) >= 11 is 1.71. The molecule has 0 heterocycles. The molecule has 0 saturated carbocycles. The lowest BCUT2D eigenvalue weighted by molar-refractivity contribution is -0.118. The highest BCUT2D eigenvalue weighted by atomic mass is 32.2.